The summed E-state index contributed by atoms with van der Waals surface area (Å²) in [4.78, 5) is 34.6. The number of thiophene rings is 1. The summed E-state index contributed by atoms with van der Waals surface area (Å²) in [6, 6.07) is 7.67. The van der Waals surface area contributed by atoms with E-state index >= 15 is 0 Å². The summed E-state index contributed by atoms with van der Waals surface area (Å²) >= 11 is 2.90. The molecule has 0 unspecified atom stereocenters. The number of hydrogen-bond donors (Lipinski definition) is 1. The molecule has 7 nitrogen and oxygen atoms in total. The van der Waals surface area contributed by atoms with E-state index in [1.165, 1.54) is 22.2 Å². The first-order valence-electron chi connectivity index (χ1n) is 10.2. The number of carbonyl (C=O) groups is 1. The first-order valence-corrected chi connectivity index (χ1v) is 12.0. The van der Waals surface area contributed by atoms with Gasteiger partial charge in [0.25, 0.3) is 5.56 Å². The molecule has 9 heteroatoms. The molecule has 0 saturated heterocycles. The maximum absolute atomic E-state index is 13.3. The Morgan fingerprint density at radius 1 is 1.29 bits per heavy atom. The van der Waals surface area contributed by atoms with E-state index in [-0.39, 0.29) is 17.2 Å². The van der Waals surface area contributed by atoms with Crippen molar-refractivity contribution in [3.8, 4) is 0 Å². The lowest BCUT2D eigenvalue weighted by Crippen LogP contribution is -2.26. The van der Waals surface area contributed by atoms with Gasteiger partial charge >= 0.3 is 0 Å². The van der Waals surface area contributed by atoms with Crippen LogP contribution in [0.15, 0.2) is 34.2 Å². The largest absolute Gasteiger partial charge is 0.383 e. The molecule has 0 radical (unpaired) electrons. The summed E-state index contributed by atoms with van der Waals surface area (Å²) in [6.45, 7) is 0.830. The second-order valence-electron chi connectivity index (χ2n) is 7.66. The van der Waals surface area contributed by atoms with Crippen molar-refractivity contribution in [2.24, 2.45) is 0 Å². The van der Waals surface area contributed by atoms with Gasteiger partial charge in [-0.25, -0.2) is 4.98 Å². The number of fused-ring (bicyclic) bond motifs is 3. The Labute approximate surface area is 189 Å². The van der Waals surface area contributed by atoms with Gasteiger partial charge in [0.2, 0.25) is 5.91 Å². The highest BCUT2D eigenvalue weighted by Crippen LogP contribution is 2.35. The number of aryl methyl sites for hydroxylation is 2. The highest BCUT2D eigenvalue weighted by atomic mass is 32.2. The maximum Gasteiger partial charge on any atom is 0.263 e. The Morgan fingerprint density at radius 2 is 2.06 bits per heavy atom. The van der Waals surface area contributed by atoms with Gasteiger partial charge in [-0.1, -0.05) is 11.8 Å². The highest BCUT2D eigenvalue weighted by Gasteiger charge is 2.23. The smallest absolute Gasteiger partial charge is 0.263 e. The molecule has 0 atom stereocenters. The van der Waals surface area contributed by atoms with Gasteiger partial charge in [0.15, 0.2) is 5.16 Å². The fourth-order valence-corrected chi connectivity index (χ4v) is 5.85. The van der Waals surface area contributed by atoms with Crippen molar-refractivity contribution < 1.29 is 9.53 Å². The molecule has 1 aliphatic carbocycles. The number of nitrogens with zero attached hydrogens (tertiary/aromatic N) is 3. The fraction of sp³-hybridized carbons (Fsp3) is 0.409. The molecule has 1 aromatic carbocycles. The Bertz CT molecular complexity index is 1150. The van der Waals surface area contributed by atoms with E-state index in [0.717, 1.165) is 40.9 Å². The minimum atomic E-state index is -0.135. The van der Waals surface area contributed by atoms with Crippen LogP contribution in [-0.4, -0.2) is 49.0 Å². The lowest BCUT2D eigenvalue weighted by Gasteiger charge is -2.13. The van der Waals surface area contributed by atoms with E-state index in [4.69, 9.17) is 9.72 Å². The topological polar surface area (TPSA) is 76.5 Å². The lowest BCUT2D eigenvalue weighted by atomic mass is 10.2. The van der Waals surface area contributed by atoms with Crippen LogP contribution in [0.1, 0.15) is 16.9 Å². The van der Waals surface area contributed by atoms with Gasteiger partial charge in [-0.15, -0.1) is 11.3 Å². The Hall–Kier alpha value is -2.36. The zero-order valence-corrected chi connectivity index (χ0v) is 19.6. The normalized spacial score (nSPS) is 12.9. The van der Waals surface area contributed by atoms with Crippen molar-refractivity contribution in [1.82, 2.24) is 9.55 Å². The van der Waals surface area contributed by atoms with Gasteiger partial charge in [-0.05, 0) is 49.1 Å². The number of nitrogens with one attached hydrogen (secondary N) is 1. The van der Waals surface area contributed by atoms with Crippen molar-refractivity contribution in [3.05, 3.63) is 45.1 Å². The van der Waals surface area contributed by atoms with Crippen LogP contribution in [-0.2, 0) is 28.9 Å². The predicted octanol–water partition coefficient (Wildman–Crippen LogP) is 3.39. The van der Waals surface area contributed by atoms with Crippen LogP contribution in [0.4, 0.5) is 11.4 Å². The molecule has 0 saturated carbocycles. The Kier molecular flexibility index (Phi) is 6.64. The van der Waals surface area contributed by atoms with Crippen LogP contribution in [0.2, 0.25) is 0 Å². The summed E-state index contributed by atoms with van der Waals surface area (Å²) < 4.78 is 6.85. The lowest BCUT2D eigenvalue weighted by molar-refractivity contribution is -0.113. The number of carbonyl (C=O) groups excluding carboxylic acids is 1. The minimum Gasteiger partial charge on any atom is -0.383 e. The van der Waals surface area contributed by atoms with Gasteiger partial charge in [0.05, 0.1) is 24.3 Å². The molecule has 1 N–H and O–H groups in total. The molecule has 0 bridgehead atoms. The molecule has 2 heterocycles. The second kappa shape index (κ2) is 9.42. The van der Waals surface area contributed by atoms with Gasteiger partial charge in [0.1, 0.15) is 4.83 Å². The molecule has 1 aliphatic rings. The zero-order chi connectivity index (χ0) is 22.0. The van der Waals surface area contributed by atoms with Crippen molar-refractivity contribution in [3.63, 3.8) is 0 Å². The second-order valence-corrected chi connectivity index (χ2v) is 9.69. The standard InChI is InChI=1S/C22H26N4O3S2/c1-25(2)15-9-7-14(8-10-15)23-18(27)13-30-22-24-20-19(16-5-4-6-17(16)31-20)21(28)26(22)11-12-29-3/h7-10H,4-6,11-13H2,1-3H3,(H,23,27). The highest BCUT2D eigenvalue weighted by molar-refractivity contribution is 7.99. The summed E-state index contributed by atoms with van der Waals surface area (Å²) in [5.41, 5.74) is 2.95. The van der Waals surface area contributed by atoms with Gasteiger partial charge in [-0.2, -0.15) is 0 Å². The molecule has 2 aromatic heterocycles. The maximum atomic E-state index is 13.3. The molecular formula is C22H26N4O3S2. The van der Waals surface area contributed by atoms with Crippen LogP contribution < -0.4 is 15.8 Å². The van der Waals surface area contributed by atoms with Gasteiger partial charge in [0, 0.05) is 37.5 Å². The third-order valence-electron chi connectivity index (χ3n) is 5.31. The van der Waals surface area contributed by atoms with Gasteiger partial charge < -0.3 is 15.0 Å². The van der Waals surface area contributed by atoms with Gasteiger partial charge in [-0.3, -0.25) is 14.2 Å². The van der Waals surface area contributed by atoms with E-state index in [0.29, 0.717) is 18.3 Å². The molecule has 0 spiro atoms. The molecule has 3 aromatic rings. The number of methoxy groups -OCH3 is 1. The number of rotatable bonds is 8. The van der Waals surface area contributed by atoms with E-state index in [1.807, 2.05) is 43.3 Å². The average molecular weight is 459 g/mol. The quantitative estimate of drug-likeness (QED) is 0.412. The van der Waals surface area contributed by atoms with Crippen LogP contribution in [0, 0.1) is 0 Å². The first-order chi connectivity index (χ1) is 15.0. The monoisotopic (exact) mass is 458 g/mol. The van der Waals surface area contributed by atoms with E-state index in [9.17, 15) is 9.59 Å². The fourth-order valence-electron chi connectivity index (χ4n) is 3.72. The van der Waals surface area contributed by atoms with Crippen molar-refractivity contribution in [1.29, 1.82) is 0 Å². The SMILES string of the molecule is COCCn1c(SCC(=O)Nc2ccc(N(C)C)cc2)nc2sc3c(c2c1=O)CCC3. The number of aromatic nitrogens is 2. The zero-order valence-electron chi connectivity index (χ0n) is 17.9. The number of hydrogen-bond acceptors (Lipinski definition) is 7. The van der Waals surface area contributed by atoms with E-state index < -0.39 is 0 Å². The molecular weight excluding hydrogens is 432 g/mol. The van der Waals surface area contributed by atoms with Crippen molar-refractivity contribution in [2.45, 2.75) is 31.0 Å². The summed E-state index contributed by atoms with van der Waals surface area (Å²) in [5, 5.41) is 4.22. The molecule has 0 aliphatic heterocycles. The average Bonchev–Trinajstić information content (AvgIpc) is 3.33. The Balaban J connectivity index is 1.53. The van der Waals surface area contributed by atoms with Crippen LogP contribution in [0.5, 0.6) is 0 Å². The molecule has 0 fully saturated rings. The number of thioether (sulfide) groups is 1. The van der Waals surface area contributed by atoms with Crippen molar-refractivity contribution in [2.75, 3.05) is 43.8 Å². The number of benzene rings is 1. The third-order valence-corrected chi connectivity index (χ3v) is 7.47. The number of ether oxygens (including phenoxy) is 1. The summed E-state index contributed by atoms with van der Waals surface area (Å²) in [6.07, 6.45) is 3.06. The number of amides is 1. The molecule has 164 valence electrons. The van der Waals surface area contributed by atoms with E-state index in [1.54, 1.807) is 23.0 Å². The first kappa shape index (κ1) is 21.9. The summed E-state index contributed by atoms with van der Waals surface area (Å²) in [5.74, 6) is 0.0368. The van der Waals surface area contributed by atoms with Crippen molar-refractivity contribution >= 4 is 50.6 Å². The summed E-state index contributed by atoms with van der Waals surface area (Å²) in [7, 11) is 5.56. The van der Waals surface area contributed by atoms with Crippen LogP contribution >= 0.6 is 23.1 Å². The van der Waals surface area contributed by atoms with Crippen LogP contribution in [0.25, 0.3) is 10.2 Å². The molecule has 31 heavy (non-hydrogen) atoms. The van der Waals surface area contributed by atoms with Crippen LogP contribution in [0.3, 0.4) is 0 Å². The predicted molar refractivity (Wildman–Crippen MR) is 128 cm³/mol. The number of anilines is 2. The van der Waals surface area contributed by atoms with E-state index in [2.05, 4.69) is 5.32 Å². The molecule has 1 amide bonds. The Morgan fingerprint density at radius 3 is 2.77 bits per heavy atom. The minimum absolute atomic E-state index is 0.0244. The molecule has 4 rings (SSSR count). The third kappa shape index (κ3) is 4.63.